The molecule has 3 N–H and O–H groups in total. The first-order valence-corrected chi connectivity index (χ1v) is 14.3. The fourth-order valence-corrected chi connectivity index (χ4v) is 6.19. The molecule has 0 bridgehead atoms. The molecule has 0 aliphatic carbocycles. The van der Waals surface area contributed by atoms with Gasteiger partial charge >= 0.3 is 59.1 Å². The van der Waals surface area contributed by atoms with Crippen LogP contribution >= 0.6 is 11.8 Å². The van der Waals surface area contributed by atoms with Crippen molar-refractivity contribution in [1.29, 1.82) is 0 Å². The summed E-state index contributed by atoms with van der Waals surface area (Å²) in [4.78, 5) is 65.7. The van der Waals surface area contributed by atoms with E-state index in [0.29, 0.717) is 23.3 Å². The van der Waals surface area contributed by atoms with E-state index in [-0.39, 0.29) is 89.5 Å². The van der Waals surface area contributed by atoms with Gasteiger partial charge in [-0.05, 0) is 53.7 Å². The third-order valence-electron chi connectivity index (χ3n) is 7.12. The van der Waals surface area contributed by atoms with Crippen LogP contribution < -0.4 is 80.0 Å². The molecule has 1 saturated heterocycles. The van der Waals surface area contributed by atoms with Gasteiger partial charge in [-0.15, -0.1) is 11.8 Å². The molecule has 0 spiro atoms. The number of rotatable bonds is 11. The maximum atomic E-state index is 12.8. The summed E-state index contributed by atoms with van der Waals surface area (Å²) in [5, 5.41) is 28.0. The molecule has 1 fully saturated rings. The average Bonchev–Trinajstić information content (AvgIpc) is 3.43. The first kappa shape index (κ1) is 37.1. The fraction of sp³-hybridized carbons (Fsp3) is 0.414. The van der Waals surface area contributed by atoms with Crippen molar-refractivity contribution in [3.05, 3.63) is 70.7 Å². The summed E-state index contributed by atoms with van der Waals surface area (Å²) in [7, 11) is 0. The molecule has 0 radical (unpaired) electrons. The minimum Gasteiger partial charge on any atom is -0.548 e. The smallest absolute Gasteiger partial charge is 0.548 e. The monoisotopic (exact) mass is 626 g/mol. The van der Waals surface area contributed by atoms with Crippen LogP contribution in [-0.2, 0) is 31.0 Å². The van der Waals surface area contributed by atoms with Crippen LogP contribution in [0.3, 0.4) is 0 Å². The Balaban J connectivity index is 0.00000323. The van der Waals surface area contributed by atoms with Gasteiger partial charge in [0.1, 0.15) is 11.4 Å². The Labute approximate surface area is 298 Å². The third kappa shape index (κ3) is 9.00. The number of hydrogen-bond acceptors (Lipinski definition) is 8. The van der Waals surface area contributed by atoms with Crippen molar-refractivity contribution in [2.24, 2.45) is 0 Å². The number of benzene rings is 1. The Morgan fingerprint density at radius 2 is 1.77 bits per heavy atom. The Morgan fingerprint density at radius 3 is 2.33 bits per heavy atom. The molecule has 0 saturated carbocycles. The fourth-order valence-electron chi connectivity index (χ4n) is 4.84. The molecule has 218 valence electrons. The molecule has 2 aromatic rings. The molecule has 14 heteroatoms. The molecule has 1 aromatic carbocycles. The van der Waals surface area contributed by atoms with Crippen LogP contribution in [0.15, 0.2) is 53.9 Å². The number of aromatic nitrogens is 1. The number of nitrogens with one attached hydrogen (secondary N) is 3. The number of amides is 3. The second-order valence-corrected chi connectivity index (χ2v) is 12.2. The van der Waals surface area contributed by atoms with E-state index in [4.69, 9.17) is 0 Å². The molecule has 3 atom stereocenters. The van der Waals surface area contributed by atoms with Crippen molar-refractivity contribution >= 4 is 41.4 Å². The SMILES string of the molecule is CC(C)(C)c1ccc(C(=O)NC(CCCC(=O)N[C@@H]2C(=O)N3C(C(=O)[O-])=C(Cc4ccc[nH]4)CS[C@@H]23)C(=O)[O-])cc1.[Na+].[Na+]. The first-order chi connectivity index (χ1) is 19.4. The topological polar surface area (TPSA) is 175 Å². The van der Waals surface area contributed by atoms with Gasteiger partial charge in [0.25, 0.3) is 11.8 Å². The number of carboxylic acids is 2. The van der Waals surface area contributed by atoms with Gasteiger partial charge in [0, 0.05) is 36.0 Å². The van der Waals surface area contributed by atoms with Crippen LogP contribution in [0.2, 0.25) is 0 Å². The molecule has 2 aliphatic rings. The number of H-pyrrole nitrogens is 1. The second-order valence-electron chi connectivity index (χ2n) is 11.1. The standard InChI is InChI=1S/C29H34N4O7S.2Na/c1-29(2,3)18-11-9-16(10-12-18)24(35)31-20(27(37)38)7-4-8-21(34)32-22-25(36)33-23(28(39)40)17(15-41-26(22)33)14-19-6-5-13-30-19;;/h5-6,9-13,20,22,26,30H,4,7-8,14-15H2,1-3H3,(H,31,35)(H,32,34)(H,37,38)(H,39,40);;/q;2*+1/p-2/t20?,22-,26+;;/m1../s1. The van der Waals surface area contributed by atoms with Crippen molar-refractivity contribution in [1.82, 2.24) is 20.5 Å². The van der Waals surface area contributed by atoms with E-state index in [1.54, 1.807) is 24.4 Å². The van der Waals surface area contributed by atoms with E-state index in [9.17, 15) is 34.2 Å². The molecule has 4 rings (SSSR count). The number of β-lactam (4-membered cyclic amide) rings is 1. The minimum absolute atomic E-state index is 0. The van der Waals surface area contributed by atoms with Crippen LogP contribution in [0.1, 0.15) is 61.6 Å². The molecule has 43 heavy (non-hydrogen) atoms. The van der Waals surface area contributed by atoms with Gasteiger partial charge in [0.15, 0.2) is 0 Å². The van der Waals surface area contributed by atoms with Crippen molar-refractivity contribution in [3.8, 4) is 0 Å². The van der Waals surface area contributed by atoms with Crippen LogP contribution in [0.25, 0.3) is 0 Å². The zero-order valence-corrected chi connectivity index (χ0v) is 29.8. The average molecular weight is 627 g/mol. The van der Waals surface area contributed by atoms with Gasteiger partial charge in [0.2, 0.25) is 5.91 Å². The maximum absolute atomic E-state index is 12.8. The molecular formula is C29H32N4Na2O7S. The van der Waals surface area contributed by atoms with Crippen molar-refractivity contribution in [2.45, 2.75) is 69.3 Å². The van der Waals surface area contributed by atoms with Gasteiger partial charge in [-0.2, -0.15) is 0 Å². The van der Waals surface area contributed by atoms with Crippen LogP contribution in [0, 0.1) is 0 Å². The first-order valence-electron chi connectivity index (χ1n) is 13.3. The van der Waals surface area contributed by atoms with Gasteiger partial charge in [0.05, 0.1) is 23.7 Å². The quantitative estimate of drug-likeness (QED) is 0.163. The number of carbonyl (C=O) groups is 5. The zero-order chi connectivity index (χ0) is 29.9. The molecular weight excluding hydrogens is 594 g/mol. The summed E-state index contributed by atoms with van der Waals surface area (Å²) in [6.07, 6.45) is 2.02. The Kier molecular flexibility index (Phi) is 13.6. The largest absolute Gasteiger partial charge is 1.00 e. The molecule has 11 nitrogen and oxygen atoms in total. The molecule has 3 amide bonds. The Hall–Kier alpha value is -2.06. The summed E-state index contributed by atoms with van der Waals surface area (Å²) >= 11 is 1.35. The Morgan fingerprint density at radius 1 is 1.09 bits per heavy atom. The van der Waals surface area contributed by atoms with Crippen molar-refractivity contribution < 1.29 is 93.3 Å². The summed E-state index contributed by atoms with van der Waals surface area (Å²) in [5.74, 6) is -4.15. The van der Waals surface area contributed by atoms with Crippen molar-refractivity contribution in [2.75, 3.05) is 5.75 Å². The zero-order valence-electron chi connectivity index (χ0n) is 25.0. The van der Waals surface area contributed by atoms with E-state index >= 15 is 0 Å². The number of thioether (sulfide) groups is 1. The van der Waals surface area contributed by atoms with Gasteiger partial charge < -0.3 is 35.4 Å². The van der Waals surface area contributed by atoms with Crippen LogP contribution in [-0.4, -0.2) is 62.8 Å². The number of hydrogen-bond donors (Lipinski definition) is 3. The summed E-state index contributed by atoms with van der Waals surface area (Å²) in [5.41, 5.74) is 2.42. The summed E-state index contributed by atoms with van der Waals surface area (Å²) in [6.45, 7) is 6.12. The van der Waals surface area contributed by atoms with E-state index in [0.717, 1.165) is 16.2 Å². The van der Waals surface area contributed by atoms with Gasteiger partial charge in [-0.1, -0.05) is 32.9 Å². The predicted octanol–water partition coefficient (Wildman–Crippen LogP) is -6.01. The molecule has 2 aliphatic heterocycles. The molecule has 1 unspecified atom stereocenters. The van der Waals surface area contributed by atoms with E-state index in [1.165, 1.54) is 11.8 Å². The normalized spacial score (nSPS) is 18.3. The number of aliphatic carboxylic acids is 2. The minimum atomic E-state index is -1.47. The number of carboxylic acid groups (broad SMARTS) is 2. The van der Waals surface area contributed by atoms with Gasteiger partial charge in [-0.3, -0.25) is 19.3 Å². The van der Waals surface area contributed by atoms with E-state index in [2.05, 4.69) is 15.6 Å². The molecule has 1 aromatic heterocycles. The van der Waals surface area contributed by atoms with Crippen LogP contribution in [0.4, 0.5) is 0 Å². The second kappa shape index (κ2) is 15.8. The van der Waals surface area contributed by atoms with Gasteiger partial charge in [-0.25, -0.2) is 0 Å². The molecule has 3 heterocycles. The van der Waals surface area contributed by atoms with Crippen LogP contribution in [0.5, 0.6) is 0 Å². The van der Waals surface area contributed by atoms with E-state index in [1.807, 2.05) is 39.0 Å². The third-order valence-corrected chi connectivity index (χ3v) is 8.46. The van der Waals surface area contributed by atoms with E-state index < -0.39 is 47.1 Å². The number of nitrogens with zero attached hydrogens (tertiary/aromatic N) is 1. The predicted molar refractivity (Wildman–Crippen MR) is 147 cm³/mol. The van der Waals surface area contributed by atoms with Crippen molar-refractivity contribution in [3.63, 3.8) is 0 Å². The number of carbonyl (C=O) groups excluding carboxylic acids is 5. The maximum Gasteiger partial charge on any atom is 1.00 e. The number of aromatic amines is 1. The Bertz CT molecular complexity index is 1370. The number of fused-ring (bicyclic) bond motifs is 1. The summed E-state index contributed by atoms with van der Waals surface area (Å²) < 4.78 is 0. The summed E-state index contributed by atoms with van der Waals surface area (Å²) in [6, 6.07) is 8.29.